The van der Waals surface area contributed by atoms with Crippen LogP contribution in [0.25, 0.3) is 0 Å². The second-order valence-electron chi connectivity index (χ2n) is 4.49. The summed E-state index contributed by atoms with van der Waals surface area (Å²) in [5.41, 5.74) is -0.532. The first kappa shape index (κ1) is 18.7. The largest absolute Gasteiger partial charge is 0.493 e. The third-order valence-electron chi connectivity index (χ3n) is 3.14. The van der Waals surface area contributed by atoms with Crippen LogP contribution >= 0.6 is 7.60 Å². The lowest BCUT2D eigenvalue weighted by atomic mass is 10.1. The van der Waals surface area contributed by atoms with Crippen molar-refractivity contribution in [3.05, 3.63) is 23.8 Å². The van der Waals surface area contributed by atoms with E-state index in [0.29, 0.717) is 17.1 Å². The van der Waals surface area contributed by atoms with Crippen molar-refractivity contribution >= 4 is 13.4 Å². The number of Topliss-reactive ketones (excluding diaryl/α,β-unsaturated/α-hetero) is 1. The smallest absolute Gasteiger partial charge is 0.341 e. The van der Waals surface area contributed by atoms with E-state index in [2.05, 4.69) is 0 Å². The molecule has 1 aromatic carbocycles. The summed E-state index contributed by atoms with van der Waals surface area (Å²) in [6, 6.07) is 4.79. The third kappa shape index (κ3) is 4.09. The number of carbonyl (C=O) groups is 1. The van der Waals surface area contributed by atoms with E-state index in [4.69, 9.17) is 18.5 Å². The number of benzene rings is 1. The number of rotatable bonds is 9. The van der Waals surface area contributed by atoms with E-state index in [9.17, 15) is 9.36 Å². The molecule has 124 valence electrons. The highest BCUT2D eigenvalue weighted by molar-refractivity contribution is 7.55. The van der Waals surface area contributed by atoms with Crippen molar-refractivity contribution in [3.63, 3.8) is 0 Å². The summed E-state index contributed by atoms with van der Waals surface area (Å²) in [6.07, 6.45) is 0. The van der Waals surface area contributed by atoms with Crippen molar-refractivity contribution in [2.45, 2.75) is 26.4 Å². The Balaban J connectivity index is 3.10. The van der Waals surface area contributed by atoms with Gasteiger partial charge in [0, 0.05) is 5.56 Å². The standard InChI is InChI=1S/C15H23O6P/c1-6-20-22(17,21-7-2)11(3)15(16)12-8-9-13(18-4)14(10-12)19-5/h8-11H,6-7H2,1-5H3. The van der Waals surface area contributed by atoms with E-state index in [1.807, 2.05) is 0 Å². The molecule has 1 rings (SSSR count). The Hall–Kier alpha value is -1.36. The third-order valence-corrected chi connectivity index (χ3v) is 5.56. The summed E-state index contributed by atoms with van der Waals surface area (Å²) >= 11 is 0. The van der Waals surface area contributed by atoms with Gasteiger partial charge in [-0.25, -0.2) is 0 Å². The molecule has 0 aliphatic heterocycles. The number of ketones is 1. The van der Waals surface area contributed by atoms with E-state index in [-0.39, 0.29) is 19.0 Å². The summed E-state index contributed by atoms with van der Waals surface area (Å²) in [7, 11) is -0.495. The molecular weight excluding hydrogens is 307 g/mol. The quantitative estimate of drug-likeness (QED) is 0.509. The average Bonchev–Trinajstić information content (AvgIpc) is 2.53. The minimum atomic E-state index is -3.50. The zero-order chi connectivity index (χ0) is 16.8. The lowest BCUT2D eigenvalue weighted by molar-refractivity contribution is 0.0973. The first-order valence-corrected chi connectivity index (χ1v) is 8.69. The topological polar surface area (TPSA) is 71.1 Å². The van der Waals surface area contributed by atoms with E-state index in [1.165, 1.54) is 14.2 Å². The van der Waals surface area contributed by atoms with Crippen molar-refractivity contribution in [1.29, 1.82) is 0 Å². The van der Waals surface area contributed by atoms with Crippen LogP contribution in [0, 0.1) is 0 Å². The molecule has 1 atom stereocenters. The molecule has 6 nitrogen and oxygen atoms in total. The van der Waals surface area contributed by atoms with Gasteiger partial charge in [0.2, 0.25) is 0 Å². The molecule has 0 N–H and O–H groups in total. The Morgan fingerprint density at radius 1 is 1.09 bits per heavy atom. The molecule has 1 unspecified atom stereocenters. The van der Waals surface area contributed by atoms with Crippen molar-refractivity contribution in [3.8, 4) is 11.5 Å². The SMILES string of the molecule is CCOP(=O)(OCC)C(C)C(=O)c1ccc(OC)c(OC)c1. The number of hydrogen-bond acceptors (Lipinski definition) is 6. The molecule has 0 aliphatic carbocycles. The Morgan fingerprint density at radius 2 is 1.64 bits per heavy atom. The van der Waals surface area contributed by atoms with Crippen LogP contribution in [0.4, 0.5) is 0 Å². The maximum Gasteiger partial charge on any atom is 0.341 e. The fraction of sp³-hybridized carbons (Fsp3) is 0.533. The monoisotopic (exact) mass is 330 g/mol. The predicted octanol–water partition coefficient (Wildman–Crippen LogP) is 3.54. The van der Waals surface area contributed by atoms with Gasteiger partial charge in [-0.2, -0.15) is 0 Å². The van der Waals surface area contributed by atoms with Gasteiger partial charge in [-0.1, -0.05) is 0 Å². The van der Waals surface area contributed by atoms with Crippen molar-refractivity contribution in [2.75, 3.05) is 27.4 Å². The van der Waals surface area contributed by atoms with Gasteiger partial charge < -0.3 is 18.5 Å². The van der Waals surface area contributed by atoms with Crippen molar-refractivity contribution in [2.24, 2.45) is 0 Å². The lowest BCUT2D eigenvalue weighted by Crippen LogP contribution is -2.20. The Kier molecular flexibility index (Phi) is 7.07. The van der Waals surface area contributed by atoms with Gasteiger partial charge in [-0.3, -0.25) is 9.36 Å². The molecule has 22 heavy (non-hydrogen) atoms. The van der Waals surface area contributed by atoms with E-state index < -0.39 is 13.3 Å². The molecular formula is C15H23O6P. The van der Waals surface area contributed by atoms with Gasteiger partial charge in [0.25, 0.3) is 0 Å². The lowest BCUT2D eigenvalue weighted by Gasteiger charge is -2.22. The highest BCUT2D eigenvalue weighted by Crippen LogP contribution is 2.53. The summed E-state index contributed by atoms with van der Waals surface area (Å²) in [5.74, 6) is 0.624. The minimum absolute atomic E-state index is 0.209. The van der Waals surface area contributed by atoms with Crippen LogP contribution in [0.5, 0.6) is 11.5 Å². The number of ether oxygens (including phenoxy) is 2. The molecule has 0 fully saturated rings. The second-order valence-corrected chi connectivity index (χ2v) is 6.86. The molecule has 0 aliphatic rings. The number of methoxy groups -OCH3 is 2. The van der Waals surface area contributed by atoms with Crippen LogP contribution < -0.4 is 9.47 Å². The van der Waals surface area contributed by atoms with Gasteiger partial charge >= 0.3 is 7.60 Å². The summed E-state index contributed by atoms with van der Waals surface area (Å²) < 4.78 is 33.5. The fourth-order valence-corrected chi connectivity index (χ4v) is 3.67. The van der Waals surface area contributed by atoms with Gasteiger partial charge in [-0.05, 0) is 39.0 Å². The number of carbonyl (C=O) groups excluding carboxylic acids is 1. The predicted molar refractivity (Wildman–Crippen MR) is 84.2 cm³/mol. The zero-order valence-electron chi connectivity index (χ0n) is 13.6. The van der Waals surface area contributed by atoms with Crippen LogP contribution in [0.1, 0.15) is 31.1 Å². The van der Waals surface area contributed by atoms with Crippen LogP contribution in [-0.4, -0.2) is 38.9 Å². The molecule has 0 heterocycles. The normalized spacial score (nSPS) is 12.8. The summed E-state index contributed by atoms with van der Waals surface area (Å²) in [4.78, 5) is 12.6. The fourth-order valence-electron chi connectivity index (χ4n) is 2.00. The van der Waals surface area contributed by atoms with Gasteiger partial charge in [0.1, 0.15) is 5.66 Å². The highest BCUT2D eigenvalue weighted by atomic mass is 31.2. The first-order chi connectivity index (χ1) is 10.4. The molecule has 0 bridgehead atoms. The Labute approximate surface area is 131 Å². The zero-order valence-corrected chi connectivity index (χ0v) is 14.5. The van der Waals surface area contributed by atoms with E-state index in [0.717, 1.165) is 0 Å². The van der Waals surface area contributed by atoms with Gasteiger partial charge in [-0.15, -0.1) is 0 Å². The average molecular weight is 330 g/mol. The molecule has 0 aromatic heterocycles. The van der Waals surface area contributed by atoms with Crippen molar-refractivity contribution in [1.82, 2.24) is 0 Å². The van der Waals surface area contributed by atoms with Gasteiger partial charge in [0.05, 0.1) is 27.4 Å². The maximum atomic E-state index is 12.7. The molecule has 1 aromatic rings. The minimum Gasteiger partial charge on any atom is -0.493 e. The molecule has 0 saturated heterocycles. The Bertz CT molecular complexity index is 547. The Morgan fingerprint density at radius 3 is 2.09 bits per heavy atom. The van der Waals surface area contributed by atoms with E-state index >= 15 is 0 Å². The van der Waals surface area contributed by atoms with Crippen LogP contribution in [0.15, 0.2) is 18.2 Å². The second kappa shape index (κ2) is 8.32. The van der Waals surface area contributed by atoms with Crippen molar-refractivity contribution < 1.29 is 27.9 Å². The van der Waals surface area contributed by atoms with Gasteiger partial charge in [0.15, 0.2) is 17.3 Å². The maximum absolute atomic E-state index is 12.7. The molecule has 0 saturated carbocycles. The number of hydrogen-bond donors (Lipinski definition) is 0. The summed E-state index contributed by atoms with van der Waals surface area (Å²) in [6.45, 7) is 5.38. The molecule has 0 radical (unpaired) electrons. The van der Waals surface area contributed by atoms with E-state index in [1.54, 1.807) is 39.0 Å². The van der Waals surface area contributed by atoms with Crippen LogP contribution in [0.2, 0.25) is 0 Å². The molecule has 7 heteroatoms. The van der Waals surface area contributed by atoms with Crippen LogP contribution in [-0.2, 0) is 13.6 Å². The van der Waals surface area contributed by atoms with Crippen LogP contribution in [0.3, 0.4) is 0 Å². The molecule has 0 amide bonds. The first-order valence-electron chi connectivity index (χ1n) is 7.08. The molecule has 0 spiro atoms. The highest BCUT2D eigenvalue weighted by Gasteiger charge is 2.37. The summed E-state index contributed by atoms with van der Waals surface area (Å²) in [5, 5.41) is 0.